The van der Waals surface area contributed by atoms with Crippen molar-refractivity contribution in [3.05, 3.63) is 24.2 Å². The maximum atomic E-state index is 14.4. The van der Waals surface area contributed by atoms with Gasteiger partial charge in [0.25, 0.3) is 5.91 Å². The molecule has 0 radical (unpaired) electrons. The molecule has 5 rings (SSSR count). The average molecular weight is 670 g/mol. The summed E-state index contributed by atoms with van der Waals surface area (Å²) in [4.78, 5) is 81.5. The Labute approximate surface area is 281 Å². The van der Waals surface area contributed by atoms with E-state index in [1.54, 1.807) is 12.1 Å². The largest absolute Gasteiger partial charge is 0.466 e. The van der Waals surface area contributed by atoms with Gasteiger partial charge in [-0.3, -0.25) is 19.2 Å². The summed E-state index contributed by atoms with van der Waals surface area (Å²) in [6.45, 7) is 9.80. The summed E-state index contributed by atoms with van der Waals surface area (Å²) < 4.78 is 10.8. The SMILES string of the molecule is CC(C)(C)[C@H](NC(=O)NC1(C(=O)OCc2ccco2)CCCCC1)C(=O)N1C[C@H]2[C@@H]([C@H]1C(=O)NC(CC1CCC1)C(=O)C(N)=O)C2(C)C. The Hall–Kier alpha value is -3.90. The number of urea groups is 1. The van der Waals surface area contributed by atoms with Gasteiger partial charge in [0.1, 0.15) is 30.0 Å². The monoisotopic (exact) mass is 669 g/mol. The molecule has 1 unspecified atom stereocenters. The molecular formula is C35H51N5O8. The third kappa shape index (κ3) is 7.24. The summed E-state index contributed by atoms with van der Waals surface area (Å²) in [6, 6.07) is -0.286. The first-order chi connectivity index (χ1) is 22.5. The van der Waals surface area contributed by atoms with Crippen LogP contribution in [0.25, 0.3) is 0 Å². The van der Waals surface area contributed by atoms with Crippen molar-refractivity contribution in [3.8, 4) is 0 Å². The van der Waals surface area contributed by atoms with Gasteiger partial charge in [-0.05, 0) is 60.0 Å². The zero-order chi connectivity index (χ0) is 35.0. The van der Waals surface area contributed by atoms with Crippen molar-refractivity contribution >= 4 is 35.5 Å². The lowest BCUT2D eigenvalue weighted by molar-refractivity contribution is -0.154. The zero-order valence-corrected chi connectivity index (χ0v) is 28.8. The molecular weight excluding hydrogens is 618 g/mol. The van der Waals surface area contributed by atoms with Crippen LogP contribution in [0.3, 0.4) is 0 Å². The van der Waals surface area contributed by atoms with Gasteiger partial charge >= 0.3 is 12.0 Å². The summed E-state index contributed by atoms with van der Waals surface area (Å²) in [7, 11) is 0. The third-order valence-electron chi connectivity index (χ3n) is 11.2. The van der Waals surface area contributed by atoms with Crippen molar-refractivity contribution in [1.29, 1.82) is 0 Å². The molecule has 5 N–H and O–H groups in total. The van der Waals surface area contributed by atoms with E-state index in [4.69, 9.17) is 14.9 Å². The number of ether oxygens (including phenoxy) is 1. The van der Waals surface area contributed by atoms with Crippen molar-refractivity contribution < 1.29 is 37.9 Å². The van der Waals surface area contributed by atoms with E-state index in [1.807, 2.05) is 34.6 Å². The quantitative estimate of drug-likeness (QED) is 0.193. The topological polar surface area (TPSA) is 190 Å². The van der Waals surface area contributed by atoms with Crippen LogP contribution in [0, 0.1) is 28.6 Å². The molecule has 5 amide bonds. The minimum atomic E-state index is -1.26. The number of amides is 5. The molecule has 264 valence electrons. The number of hydrogen-bond acceptors (Lipinski definition) is 8. The normalized spacial score (nSPS) is 25.4. The Bertz CT molecular complexity index is 1410. The summed E-state index contributed by atoms with van der Waals surface area (Å²) in [5.41, 5.74) is 3.10. The van der Waals surface area contributed by atoms with Crippen molar-refractivity contribution in [1.82, 2.24) is 20.9 Å². The van der Waals surface area contributed by atoms with Crippen LogP contribution in [0.5, 0.6) is 0 Å². The standard InChI is InChI=1S/C35H51N5O8/c1-33(2,3)27(38-32(46)39-35(14-7-6-8-15-35)31(45)48-19-21-13-10-16-47-21)30(44)40-18-22-24(34(22,4)5)25(40)29(43)37-23(26(41)28(36)42)17-20-11-9-12-20/h10,13,16,20,22-25,27H,6-9,11-12,14-15,17-19H2,1-5H3,(H2,36,42)(H,37,43)(H2,38,39,46)/t22-,23?,24-,25-,27+/m0/s1. The number of ketones is 1. The zero-order valence-electron chi connectivity index (χ0n) is 28.8. The Morgan fingerprint density at radius 3 is 2.29 bits per heavy atom. The third-order valence-corrected chi connectivity index (χ3v) is 11.2. The number of esters is 1. The van der Waals surface area contributed by atoms with Gasteiger partial charge in [0.2, 0.25) is 17.6 Å². The van der Waals surface area contributed by atoms with Gasteiger partial charge in [-0.25, -0.2) is 9.59 Å². The van der Waals surface area contributed by atoms with Crippen molar-refractivity contribution in [2.24, 2.45) is 34.3 Å². The molecule has 1 aliphatic heterocycles. The first kappa shape index (κ1) is 35.4. The summed E-state index contributed by atoms with van der Waals surface area (Å²) in [5, 5.41) is 8.50. The highest BCUT2D eigenvalue weighted by Crippen LogP contribution is 2.65. The molecule has 0 spiro atoms. The number of nitrogens with two attached hydrogens (primary N) is 1. The van der Waals surface area contributed by atoms with Crippen LogP contribution >= 0.6 is 0 Å². The lowest BCUT2D eigenvalue weighted by Gasteiger charge is -2.39. The van der Waals surface area contributed by atoms with Crippen LogP contribution < -0.4 is 21.7 Å². The number of nitrogens with one attached hydrogen (secondary N) is 3. The highest BCUT2D eigenvalue weighted by atomic mass is 16.5. The Morgan fingerprint density at radius 1 is 1.04 bits per heavy atom. The van der Waals surface area contributed by atoms with Gasteiger partial charge in [-0.2, -0.15) is 0 Å². The number of likely N-dealkylation sites (tertiary alicyclic amines) is 1. The molecule has 48 heavy (non-hydrogen) atoms. The fourth-order valence-electron chi connectivity index (χ4n) is 7.94. The number of carbonyl (C=O) groups excluding carboxylic acids is 6. The maximum absolute atomic E-state index is 14.4. The molecule has 4 fully saturated rings. The number of rotatable bonds is 12. The highest BCUT2D eigenvalue weighted by Gasteiger charge is 2.70. The van der Waals surface area contributed by atoms with E-state index in [9.17, 15) is 28.8 Å². The molecule has 4 aliphatic rings. The molecule has 1 aromatic rings. The minimum Gasteiger partial charge on any atom is -0.466 e. The molecule has 0 aromatic carbocycles. The van der Waals surface area contributed by atoms with Crippen LogP contribution in [-0.2, 0) is 35.3 Å². The van der Waals surface area contributed by atoms with Gasteiger partial charge in [0.05, 0.1) is 12.3 Å². The number of hydrogen-bond donors (Lipinski definition) is 4. The van der Waals surface area contributed by atoms with E-state index in [0.29, 0.717) is 31.6 Å². The van der Waals surface area contributed by atoms with Gasteiger partial charge < -0.3 is 35.7 Å². The van der Waals surface area contributed by atoms with E-state index in [1.165, 1.54) is 11.2 Å². The fourth-order valence-corrected chi connectivity index (χ4v) is 7.94. The molecule has 1 saturated heterocycles. The summed E-state index contributed by atoms with van der Waals surface area (Å²) in [6.07, 6.45) is 7.81. The molecule has 5 atom stereocenters. The predicted molar refractivity (Wildman–Crippen MR) is 174 cm³/mol. The number of nitrogens with zero attached hydrogens (tertiary/aromatic N) is 1. The predicted octanol–water partition coefficient (Wildman–Crippen LogP) is 2.95. The van der Waals surface area contributed by atoms with Gasteiger partial charge in [0.15, 0.2) is 0 Å². The van der Waals surface area contributed by atoms with E-state index < -0.39 is 64.6 Å². The second-order valence-electron chi connectivity index (χ2n) is 15.9. The van der Waals surface area contributed by atoms with Gasteiger partial charge in [-0.1, -0.05) is 73.1 Å². The second kappa shape index (κ2) is 13.5. The molecule has 0 bridgehead atoms. The molecule has 1 aromatic heterocycles. The van der Waals surface area contributed by atoms with E-state index in [0.717, 1.165) is 38.5 Å². The smallest absolute Gasteiger partial charge is 0.332 e. The van der Waals surface area contributed by atoms with Crippen LogP contribution in [0.2, 0.25) is 0 Å². The molecule has 2 heterocycles. The number of fused-ring (bicyclic) bond motifs is 1. The Balaban J connectivity index is 1.32. The minimum absolute atomic E-state index is 0.0537. The summed E-state index contributed by atoms with van der Waals surface area (Å²) >= 11 is 0. The van der Waals surface area contributed by atoms with Crippen LogP contribution in [-0.4, -0.2) is 70.6 Å². The highest BCUT2D eigenvalue weighted by molar-refractivity contribution is 6.37. The van der Waals surface area contributed by atoms with Crippen molar-refractivity contribution in [3.63, 3.8) is 0 Å². The first-order valence-corrected chi connectivity index (χ1v) is 17.3. The van der Waals surface area contributed by atoms with Crippen molar-refractivity contribution in [2.75, 3.05) is 6.54 Å². The molecule has 13 nitrogen and oxygen atoms in total. The van der Waals surface area contributed by atoms with Gasteiger partial charge in [0, 0.05) is 6.54 Å². The number of piperidine rings is 1. The lowest BCUT2D eigenvalue weighted by atomic mass is 9.80. The number of carbonyl (C=O) groups is 6. The van der Waals surface area contributed by atoms with E-state index in [2.05, 4.69) is 16.0 Å². The van der Waals surface area contributed by atoms with Gasteiger partial charge in [-0.15, -0.1) is 0 Å². The van der Waals surface area contributed by atoms with Crippen LogP contribution in [0.1, 0.15) is 98.2 Å². The van der Waals surface area contributed by atoms with Crippen LogP contribution in [0.4, 0.5) is 4.79 Å². The second-order valence-corrected chi connectivity index (χ2v) is 15.9. The Morgan fingerprint density at radius 2 is 1.73 bits per heavy atom. The fraction of sp³-hybridized carbons (Fsp3) is 0.714. The van der Waals surface area contributed by atoms with Crippen LogP contribution in [0.15, 0.2) is 22.8 Å². The maximum Gasteiger partial charge on any atom is 0.332 e. The van der Waals surface area contributed by atoms with E-state index in [-0.39, 0.29) is 29.8 Å². The van der Waals surface area contributed by atoms with Crippen molar-refractivity contribution in [2.45, 2.75) is 123 Å². The number of Topliss-reactive ketones (excluding diaryl/α,β-unsaturated/α-hetero) is 1. The number of furan rings is 1. The average Bonchev–Trinajstić information content (AvgIpc) is 3.44. The lowest BCUT2D eigenvalue weighted by Crippen LogP contribution is -2.64. The first-order valence-electron chi connectivity index (χ1n) is 17.3. The molecule has 13 heteroatoms. The number of primary amides is 1. The summed E-state index contributed by atoms with van der Waals surface area (Å²) in [5.74, 6) is -2.85. The van der Waals surface area contributed by atoms with E-state index >= 15 is 0 Å². The molecule has 3 saturated carbocycles. The Kier molecular flexibility index (Phi) is 9.99. The molecule has 3 aliphatic carbocycles.